The molecular weight excluding hydrogens is 460 g/mol. The number of hydrogen-bond acceptors (Lipinski definition) is 10. The molecule has 0 saturated heterocycles. The van der Waals surface area contributed by atoms with Crippen LogP contribution in [0.2, 0.25) is 0 Å². The number of anilines is 1. The van der Waals surface area contributed by atoms with Gasteiger partial charge in [-0.1, -0.05) is 13.3 Å². The van der Waals surface area contributed by atoms with Gasteiger partial charge < -0.3 is 9.47 Å². The van der Waals surface area contributed by atoms with E-state index in [0.717, 1.165) is 24.8 Å². The number of aromatic nitrogens is 7. The number of sulfonamides is 1. The molecule has 2 unspecified atom stereocenters. The van der Waals surface area contributed by atoms with Crippen LogP contribution in [0.5, 0.6) is 11.8 Å². The molecule has 1 fully saturated rings. The van der Waals surface area contributed by atoms with E-state index in [9.17, 15) is 8.42 Å². The fourth-order valence-corrected chi connectivity index (χ4v) is 4.92. The zero-order chi connectivity index (χ0) is 24.5. The number of aryl methyl sites for hydroxylation is 1. The van der Waals surface area contributed by atoms with E-state index in [1.807, 2.05) is 6.92 Å². The lowest BCUT2D eigenvalue weighted by Gasteiger charge is -2.26. The summed E-state index contributed by atoms with van der Waals surface area (Å²) < 4.78 is 41.9. The van der Waals surface area contributed by atoms with E-state index in [1.165, 1.54) is 20.5 Å². The molecular formula is C21H28N8O4S. The highest BCUT2D eigenvalue weighted by Gasteiger charge is 2.35. The third-order valence-corrected chi connectivity index (χ3v) is 8.01. The molecule has 3 heterocycles. The van der Waals surface area contributed by atoms with Crippen LogP contribution in [0.1, 0.15) is 62.2 Å². The molecule has 34 heavy (non-hydrogen) atoms. The summed E-state index contributed by atoms with van der Waals surface area (Å²) in [6, 6.07) is 0. The largest absolute Gasteiger partial charge is 0.479 e. The van der Waals surface area contributed by atoms with Crippen molar-refractivity contribution in [3.8, 4) is 17.4 Å². The van der Waals surface area contributed by atoms with Crippen molar-refractivity contribution in [1.29, 1.82) is 0 Å². The minimum Gasteiger partial charge on any atom is -0.479 e. The molecule has 182 valence electrons. The predicted octanol–water partition coefficient (Wildman–Crippen LogP) is 2.37. The van der Waals surface area contributed by atoms with Gasteiger partial charge in [0, 0.05) is 24.2 Å². The Kier molecular flexibility index (Phi) is 6.64. The zero-order valence-corrected chi connectivity index (χ0v) is 20.6. The summed E-state index contributed by atoms with van der Waals surface area (Å²) in [6.45, 7) is 5.26. The van der Waals surface area contributed by atoms with Crippen molar-refractivity contribution in [3.63, 3.8) is 0 Å². The van der Waals surface area contributed by atoms with Gasteiger partial charge in [-0.15, -0.1) is 10.2 Å². The standard InChI is InChI=1S/C21H28N8O4S/c1-12-9-22-17(23-10-12)13(2)14(3)34(30,31)28-21-27-26-18(15-7-6-8-15)29(21)16-19(32-4)24-11-25-20(16)33-5/h9-11,13-15H,6-8H2,1-5H3,(H,27,28). The van der Waals surface area contributed by atoms with Crippen molar-refractivity contribution >= 4 is 16.0 Å². The van der Waals surface area contributed by atoms with Crippen LogP contribution in [0.25, 0.3) is 5.69 Å². The molecule has 4 rings (SSSR count). The molecule has 0 spiro atoms. The highest BCUT2D eigenvalue weighted by molar-refractivity contribution is 7.93. The van der Waals surface area contributed by atoms with Crippen LogP contribution in [0, 0.1) is 6.92 Å². The Morgan fingerprint density at radius 2 is 1.65 bits per heavy atom. The van der Waals surface area contributed by atoms with E-state index in [0.29, 0.717) is 17.3 Å². The van der Waals surface area contributed by atoms with Gasteiger partial charge in [-0.3, -0.25) is 9.29 Å². The van der Waals surface area contributed by atoms with Crippen LogP contribution in [0.4, 0.5) is 5.95 Å². The second-order valence-electron chi connectivity index (χ2n) is 8.35. The minimum atomic E-state index is -3.92. The molecule has 1 saturated carbocycles. The number of ether oxygens (including phenoxy) is 2. The number of nitrogens with one attached hydrogen (secondary N) is 1. The molecule has 1 aliphatic rings. The van der Waals surface area contributed by atoms with Gasteiger partial charge in [0.1, 0.15) is 18.0 Å². The van der Waals surface area contributed by atoms with Gasteiger partial charge in [0.2, 0.25) is 27.7 Å². The Bertz CT molecular complexity index is 1240. The average Bonchev–Trinajstić information content (AvgIpc) is 3.18. The van der Waals surface area contributed by atoms with E-state index in [4.69, 9.17) is 9.47 Å². The molecule has 13 heteroatoms. The van der Waals surface area contributed by atoms with Gasteiger partial charge in [-0.25, -0.2) is 18.4 Å². The maximum atomic E-state index is 13.4. The lowest BCUT2D eigenvalue weighted by Crippen LogP contribution is -2.31. The maximum Gasteiger partial charge on any atom is 0.245 e. The Morgan fingerprint density at radius 3 is 2.18 bits per heavy atom. The van der Waals surface area contributed by atoms with Gasteiger partial charge in [0.25, 0.3) is 0 Å². The quantitative estimate of drug-likeness (QED) is 0.476. The number of nitrogens with zero attached hydrogens (tertiary/aromatic N) is 7. The molecule has 0 amide bonds. The molecule has 12 nitrogen and oxygen atoms in total. The van der Waals surface area contributed by atoms with Gasteiger partial charge in [0.05, 0.1) is 19.5 Å². The summed E-state index contributed by atoms with van der Waals surface area (Å²) >= 11 is 0. The second-order valence-corrected chi connectivity index (χ2v) is 10.4. The average molecular weight is 489 g/mol. The Hall–Kier alpha value is -3.35. The molecule has 0 aliphatic heterocycles. The van der Waals surface area contributed by atoms with E-state index < -0.39 is 21.2 Å². The fourth-order valence-electron chi connectivity index (χ4n) is 3.69. The first-order chi connectivity index (χ1) is 16.3. The number of hydrogen-bond donors (Lipinski definition) is 1. The van der Waals surface area contributed by atoms with Crippen LogP contribution >= 0.6 is 0 Å². The van der Waals surface area contributed by atoms with Gasteiger partial charge in [-0.2, -0.15) is 9.97 Å². The minimum absolute atomic E-state index is 0.0113. The first kappa shape index (κ1) is 23.8. The Morgan fingerprint density at radius 1 is 1.03 bits per heavy atom. The molecule has 0 aromatic carbocycles. The van der Waals surface area contributed by atoms with Gasteiger partial charge in [-0.05, 0) is 32.3 Å². The predicted molar refractivity (Wildman–Crippen MR) is 124 cm³/mol. The monoisotopic (exact) mass is 488 g/mol. The van der Waals surface area contributed by atoms with Crippen molar-refractivity contribution in [2.24, 2.45) is 0 Å². The third kappa shape index (κ3) is 4.39. The Labute approximate surface area is 198 Å². The topological polar surface area (TPSA) is 147 Å². The van der Waals surface area contributed by atoms with Crippen molar-refractivity contribution in [2.45, 2.75) is 57.1 Å². The van der Waals surface area contributed by atoms with Crippen molar-refractivity contribution < 1.29 is 17.9 Å². The van der Waals surface area contributed by atoms with E-state index >= 15 is 0 Å². The molecule has 1 N–H and O–H groups in total. The molecule has 0 bridgehead atoms. The summed E-state index contributed by atoms with van der Waals surface area (Å²) in [5.41, 5.74) is 1.23. The van der Waals surface area contributed by atoms with Gasteiger partial charge in [0.15, 0.2) is 5.69 Å². The summed E-state index contributed by atoms with van der Waals surface area (Å²) in [5.74, 6) is 1.13. The van der Waals surface area contributed by atoms with Crippen molar-refractivity contribution in [1.82, 2.24) is 34.7 Å². The summed E-state index contributed by atoms with van der Waals surface area (Å²) in [4.78, 5) is 16.9. The van der Waals surface area contributed by atoms with Crippen LogP contribution in [0.15, 0.2) is 18.7 Å². The zero-order valence-electron chi connectivity index (χ0n) is 19.8. The van der Waals surface area contributed by atoms with Crippen LogP contribution in [-0.2, 0) is 10.0 Å². The lowest BCUT2D eigenvalue weighted by molar-refractivity contribution is 0.362. The smallest absolute Gasteiger partial charge is 0.245 e. The molecule has 3 aromatic rings. The van der Waals surface area contributed by atoms with E-state index in [-0.39, 0.29) is 23.6 Å². The van der Waals surface area contributed by atoms with E-state index in [2.05, 4.69) is 34.9 Å². The molecule has 0 radical (unpaired) electrons. The summed E-state index contributed by atoms with van der Waals surface area (Å²) in [5, 5.41) is 7.64. The maximum absolute atomic E-state index is 13.4. The highest BCUT2D eigenvalue weighted by Crippen LogP contribution is 2.40. The number of methoxy groups -OCH3 is 2. The van der Waals surface area contributed by atoms with Crippen LogP contribution < -0.4 is 14.2 Å². The van der Waals surface area contributed by atoms with Crippen LogP contribution in [-0.4, -0.2) is 62.6 Å². The van der Waals surface area contributed by atoms with Crippen molar-refractivity contribution in [3.05, 3.63) is 35.9 Å². The van der Waals surface area contributed by atoms with Crippen molar-refractivity contribution in [2.75, 3.05) is 18.9 Å². The Balaban J connectivity index is 1.74. The third-order valence-electron chi connectivity index (χ3n) is 6.16. The first-order valence-corrected chi connectivity index (χ1v) is 12.5. The highest BCUT2D eigenvalue weighted by atomic mass is 32.2. The van der Waals surface area contributed by atoms with Gasteiger partial charge >= 0.3 is 0 Å². The first-order valence-electron chi connectivity index (χ1n) is 11.0. The van der Waals surface area contributed by atoms with Crippen LogP contribution in [0.3, 0.4) is 0 Å². The number of rotatable bonds is 9. The molecule has 3 aromatic heterocycles. The second kappa shape index (κ2) is 9.49. The van der Waals surface area contributed by atoms with E-state index in [1.54, 1.807) is 30.8 Å². The summed E-state index contributed by atoms with van der Waals surface area (Å²) in [6.07, 6.45) is 7.54. The molecule has 1 aliphatic carbocycles. The lowest BCUT2D eigenvalue weighted by atomic mass is 9.85. The molecule has 2 atom stereocenters. The normalized spacial score (nSPS) is 15.9. The summed E-state index contributed by atoms with van der Waals surface area (Å²) in [7, 11) is -0.985. The SMILES string of the molecule is COc1ncnc(OC)c1-n1c(NS(=O)(=O)C(C)C(C)c2ncc(C)cn2)nnc1C1CCC1. The fraction of sp³-hybridized carbons (Fsp3) is 0.524.